The summed E-state index contributed by atoms with van der Waals surface area (Å²) in [6, 6.07) is 16.9. The second-order valence-corrected chi connectivity index (χ2v) is 9.51. The summed E-state index contributed by atoms with van der Waals surface area (Å²) in [6.45, 7) is 5.42. The fraction of sp³-hybridized carbons (Fsp3) is 0.269. The van der Waals surface area contributed by atoms with Gasteiger partial charge in [-0.25, -0.2) is 9.66 Å². The molecule has 1 atom stereocenters. The van der Waals surface area contributed by atoms with E-state index < -0.39 is 6.04 Å². The number of nitrogens with two attached hydrogens (primary N) is 2. The smallest absolute Gasteiger partial charge is 0.281 e. The van der Waals surface area contributed by atoms with Gasteiger partial charge in [-0.3, -0.25) is 9.69 Å². The molecule has 1 unspecified atom stereocenters. The van der Waals surface area contributed by atoms with Crippen LogP contribution in [0.25, 0.3) is 10.9 Å². The van der Waals surface area contributed by atoms with Crippen LogP contribution in [0.1, 0.15) is 29.9 Å². The van der Waals surface area contributed by atoms with Gasteiger partial charge in [-0.2, -0.15) is 15.2 Å². The number of aromatic nitrogens is 4. The molecule has 0 aliphatic carbocycles. The van der Waals surface area contributed by atoms with E-state index in [9.17, 15) is 10.1 Å². The Balaban J connectivity index is 1.50. The lowest BCUT2D eigenvalue weighted by Gasteiger charge is -2.38. The van der Waals surface area contributed by atoms with Gasteiger partial charge in [0.05, 0.1) is 22.0 Å². The van der Waals surface area contributed by atoms with Gasteiger partial charge < -0.3 is 21.8 Å². The Morgan fingerprint density at radius 2 is 1.79 bits per heavy atom. The number of hydrogen-bond donors (Lipinski definition) is 3. The van der Waals surface area contributed by atoms with Crippen LogP contribution in [0.15, 0.2) is 53.3 Å². The maximum absolute atomic E-state index is 13.9. The summed E-state index contributed by atoms with van der Waals surface area (Å²) in [5.74, 6) is 0.520. The van der Waals surface area contributed by atoms with E-state index in [0.717, 1.165) is 19.6 Å². The van der Waals surface area contributed by atoms with E-state index in [1.54, 1.807) is 22.9 Å². The van der Waals surface area contributed by atoms with Gasteiger partial charge in [0.2, 0.25) is 5.95 Å². The number of fused-ring (bicyclic) bond motifs is 1. The van der Waals surface area contributed by atoms with Crippen LogP contribution in [0, 0.1) is 11.3 Å². The lowest BCUT2D eigenvalue weighted by atomic mass is 10.2. The van der Waals surface area contributed by atoms with Gasteiger partial charge in [0.15, 0.2) is 11.6 Å². The molecule has 1 saturated heterocycles. The number of anilines is 3. The first-order chi connectivity index (χ1) is 18.4. The standard InChI is InChI=1S/C26H27ClN10O/c1-16(31-23-18(14-28)22(29)33-26(30)34-23)24-32-20-9-5-8-19(27)21(20)25(38)37(24)36-12-10-35(11-13-36)15-17-6-3-2-4-7-17/h2-9,16H,10-13,15H2,1H3,(H5,29,30,31,33,34). The Kier molecular flexibility index (Phi) is 7.00. The molecule has 3 heterocycles. The minimum atomic E-state index is -0.547. The Hall–Kier alpha value is -4.40. The summed E-state index contributed by atoms with van der Waals surface area (Å²) in [4.78, 5) is 29.1. The van der Waals surface area contributed by atoms with Crippen molar-refractivity contribution in [3.8, 4) is 6.07 Å². The molecular formula is C26H27ClN10O. The van der Waals surface area contributed by atoms with Gasteiger partial charge in [0.1, 0.15) is 17.5 Å². The maximum atomic E-state index is 13.9. The van der Waals surface area contributed by atoms with Gasteiger partial charge in [-0.1, -0.05) is 48.0 Å². The first-order valence-corrected chi connectivity index (χ1v) is 12.6. The van der Waals surface area contributed by atoms with Gasteiger partial charge in [0, 0.05) is 32.7 Å². The molecule has 38 heavy (non-hydrogen) atoms. The Labute approximate surface area is 224 Å². The Bertz CT molecular complexity index is 1580. The molecule has 1 aliphatic rings. The van der Waals surface area contributed by atoms with Crippen molar-refractivity contribution >= 4 is 40.1 Å². The predicted molar refractivity (Wildman–Crippen MR) is 148 cm³/mol. The molecule has 1 aliphatic heterocycles. The number of hydrogen-bond acceptors (Lipinski definition) is 10. The summed E-state index contributed by atoms with van der Waals surface area (Å²) in [5, 5.41) is 15.4. The highest BCUT2D eigenvalue weighted by Crippen LogP contribution is 2.26. The molecule has 0 spiro atoms. The molecule has 2 aromatic heterocycles. The number of nitriles is 1. The number of halogens is 1. The van der Waals surface area contributed by atoms with Crippen LogP contribution in [-0.2, 0) is 6.54 Å². The molecule has 11 nitrogen and oxygen atoms in total. The summed E-state index contributed by atoms with van der Waals surface area (Å²) < 4.78 is 1.59. The van der Waals surface area contributed by atoms with Gasteiger partial charge in [-0.15, -0.1) is 0 Å². The van der Waals surface area contributed by atoms with Crippen molar-refractivity contribution in [1.82, 2.24) is 24.5 Å². The number of nitrogens with one attached hydrogen (secondary N) is 1. The molecule has 5 N–H and O–H groups in total. The zero-order valence-electron chi connectivity index (χ0n) is 20.8. The van der Waals surface area contributed by atoms with E-state index in [2.05, 4.69) is 32.3 Å². The molecule has 0 saturated carbocycles. The second kappa shape index (κ2) is 10.5. The molecule has 194 valence electrons. The lowest BCUT2D eigenvalue weighted by molar-refractivity contribution is 0.229. The van der Waals surface area contributed by atoms with Crippen molar-refractivity contribution in [2.45, 2.75) is 19.5 Å². The molecule has 5 rings (SSSR count). The zero-order chi connectivity index (χ0) is 26.8. The van der Waals surface area contributed by atoms with Crippen molar-refractivity contribution in [2.24, 2.45) is 0 Å². The van der Waals surface area contributed by atoms with Crippen LogP contribution in [0.2, 0.25) is 5.02 Å². The minimum Gasteiger partial charge on any atom is -0.382 e. The van der Waals surface area contributed by atoms with Crippen molar-refractivity contribution < 1.29 is 0 Å². The zero-order valence-corrected chi connectivity index (χ0v) is 21.6. The molecule has 1 fully saturated rings. The summed E-state index contributed by atoms with van der Waals surface area (Å²) in [5.41, 5.74) is 13.2. The largest absolute Gasteiger partial charge is 0.382 e. The number of piperazine rings is 1. The highest BCUT2D eigenvalue weighted by atomic mass is 35.5. The molecule has 12 heteroatoms. The lowest BCUT2D eigenvalue weighted by Crippen LogP contribution is -2.55. The molecular weight excluding hydrogens is 504 g/mol. The van der Waals surface area contributed by atoms with E-state index in [0.29, 0.717) is 34.8 Å². The first kappa shape index (κ1) is 25.3. The molecule has 0 radical (unpaired) electrons. The third-order valence-corrected chi connectivity index (χ3v) is 6.85. The van der Waals surface area contributed by atoms with E-state index in [4.69, 9.17) is 28.1 Å². The Morgan fingerprint density at radius 3 is 2.50 bits per heavy atom. The molecule has 4 aromatic rings. The van der Waals surface area contributed by atoms with Crippen molar-refractivity contribution in [3.63, 3.8) is 0 Å². The van der Waals surface area contributed by atoms with Crippen LogP contribution < -0.4 is 27.4 Å². The average Bonchev–Trinajstić information content (AvgIpc) is 2.89. The SMILES string of the molecule is CC(Nc1nc(N)nc(N)c1C#N)c1nc2cccc(Cl)c2c(=O)n1N1CCN(Cc2ccccc2)CC1. The molecule has 2 aromatic carbocycles. The minimum absolute atomic E-state index is 0.0279. The fourth-order valence-corrected chi connectivity index (χ4v) is 4.92. The first-order valence-electron chi connectivity index (χ1n) is 12.2. The van der Waals surface area contributed by atoms with E-state index >= 15 is 0 Å². The highest BCUT2D eigenvalue weighted by Gasteiger charge is 2.26. The van der Waals surface area contributed by atoms with E-state index in [1.165, 1.54) is 5.56 Å². The fourth-order valence-electron chi connectivity index (χ4n) is 4.67. The van der Waals surface area contributed by atoms with Gasteiger partial charge in [0.25, 0.3) is 5.56 Å². The van der Waals surface area contributed by atoms with Crippen LogP contribution in [0.4, 0.5) is 17.6 Å². The van der Waals surface area contributed by atoms with Crippen LogP contribution in [-0.4, -0.2) is 50.7 Å². The van der Waals surface area contributed by atoms with Crippen molar-refractivity contribution in [3.05, 3.63) is 80.9 Å². The van der Waals surface area contributed by atoms with Crippen molar-refractivity contribution in [1.29, 1.82) is 5.26 Å². The van der Waals surface area contributed by atoms with Crippen LogP contribution in [0.3, 0.4) is 0 Å². The summed E-state index contributed by atoms with van der Waals surface area (Å²) >= 11 is 6.45. The maximum Gasteiger partial charge on any atom is 0.281 e. The number of benzene rings is 2. The van der Waals surface area contributed by atoms with Crippen molar-refractivity contribution in [2.75, 3.05) is 48.0 Å². The van der Waals surface area contributed by atoms with Crippen LogP contribution in [0.5, 0.6) is 0 Å². The summed E-state index contributed by atoms with van der Waals surface area (Å²) in [7, 11) is 0. The molecule has 0 bridgehead atoms. The highest BCUT2D eigenvalue weighted by molar-refractivity contribution is 6.35. The van der Waals surface area contributed by atoms with Crippen LogP contribution >= 0.6 is 11.6 Å². The number of rotatable bonds is 6. The van der Waals surface area contributed by atoms with Gasteiger partial charge in [-0.05, 0) is 24.6 Å². The summed E-state index contributed by atoms with van der Waals surface area (Å²) in [6.07, 6.45) is 0. The predicted octanol–water partition coefficient (Wildman–Crippen LogP) is 2.50. The second-order valence-electron chi connectivity index (χ2n) is 9.10. The van der Waals surface area contributed by atoms with E-state index in [1.807, 2.05) is 36.2 Å². The quantitative estimate of drug-likeness (QED) is 0.338. The number of nitrogen functional groups attached to an aromatic ring is 2. The average molecular weight is 531 g/mol. The van der Waals surface area contributed by atoms with E-state index in [-0.39, 0.29) is 28.7 Å². The normalized spacial score (nSPS) is 14.8. The third-order valence-electron chi connectivity index (χ3n) is 6.54. The Morgan fingerprint density at radius 1 is 1.05 bits per heavy atom. The number of nitrogens with zero attached hydrogens (tertiary/aromatic N) is 7. The van der Waals surface area contributed by atoms with Gasteiger partial charge >= 0.3 is 0 Å². The monoisotopic (exact) mass is 530 g/mol. The topological polar surface area (TPSA) is 155 Å². The molecule has 0 amide bonds. The third kappa shape index (κ3) is 4.91.